The van der Waals surface area contributed by atoms with E-state index in [0.717, 1.165) is 16.0 Å². The van der Waals surface area contributed by atoms with Crippen LogP contribution >= 0.6 is 11.8 Å². The third-order valence-corrected chi connectivity index (χ3v) is 6.85. The highest BCUT2D eigenvalue weighted by atomic mass is 32.2. The van der Waals surface area contributed by atoms with Gasteiger partial charge in [-0.1, -0.05) is 17.7 Å². The summed E-state index contributed by atoms with van der Waals surface area (Å²) in [7, 11) is -3.06. The number of amides is 1. The highest BCUT2D eigenvalue weighted by Crippen LogP contribution is 2.23. The topological polar surface area (TPSA) is 89.5 Å². The van der Waals surface area contributed by atoms with Gasteiger partial charge in [0.25, 0.3) is 5.91 Å². The van der Waals surface area contributed by atoms with Gasteiger partial charge in [-0.2, -0.15) is 0 Å². The summed E-state index contributed by atoms with van der Waals surface area (Å²) in [5, 5.41) is 2.63. The van der Waals surface area contributed by atoms with Gasteiger partial charge in [0.05, 0.1) is 17.3 Å². The van der Waals surface area contributed by atoms with Crippen LogP contribution in [-0.2, 0) is 24.2 Å². The molecule has 0 radical (unpaired) electrons. The molecule has 1 fully saturated rings. The maximum atomic E-state index is 12.0. The quantitative estimate of drug-likeness (QED) is 0.591. The van der Waals surface area contributed by atoms with Gasteiger partial charge < -0.3 is 10.1 Å². The maximum absolute atomic E-state index is 12.0. The van der Waals surface area contributed by atoms with Gasteiger partial charge in [0.1, 0.15) is 0 Å². The van der Waals surface area contributed by atoms with Gasteiger partial charge in [-0.05, 0) is 38.8 Å². The number of nitrogens with one attached hydrogen (secondary N) is 1. The molecule has 1 heterocycles. The molecule has 25 heavy (non-hydrogen) atoms. The fourth-order valence-corrected chi connectivity index (χ4v) is 5.08. The molecule has 0 saturated carbocycles. The van der Waals surface area contributed by atoms with E-state index in [1.165, 1.54) is 18.7 Å². The van der Waals surface area contributed by atoms with E-state index in [1.54, 1.807) is 0 Å². The van der Waals surface area contributed by atoms with Gasteiger partial charge in [0, 0.05) is 10.9 Å². The van der Waals surface area contributed by atoms with Gasteiger partial charge >= 0.3 is 5.97 Å². The summed E-state index contributed by atoms with van der Waals surface area (Å²) in [4.78, 5) is 24.9. The van der Waals surface area contributed by atoms with E-state index in [0.29, 0.717) is 6.42 Å². The molecule has 1 saturated heterocycles. The summed E-state index contributed by atoms with van der Waals surface area (Å²) in [6, 6.07) is 5.58. The van der Waals surface area contributed by atoms with Crippen LogP contribution in [0.1, 0.15) is 24.5 Å². The summed E-state index contributed by atoms with van der Waals surface area (Å²) in [6.07, 6.45) is -0.549. The zero-order valence-electron chi connectivity index (χ0n) is 14.6. The minimum atomic E-state index is -3.06. The third-order valence-electron chi connectivity index (χ3n) is 3.93. The van der Waals surface area contributed by atoms with E-state index in [2.05, 4.69) is 5.32 Å². The second kappa shape index (κ2) is 8.23. The Morgan fingerprint density at radius 1 is 1.36 bits per heavy atom. The fourth-order valence-electron chi connectivity index (χ4n) is 2.61. The van der Waals surface area contributed by atoms with Crippen molar-refractivity contribution in [3.05, 3.63) is 29.3 Å². The van der Waals surface area contributed by atoms with Crippen LogP contribution in [0.25, 0.3) is 0 Å². The van der Waals surface area contributed by atoms with E-state index in [4.69, 9.17) is 4.74 Å². The molecule has 0 aromatic heterocycles. The molecule has 6 nitrogen and oxygen atoms in total. The number of esters is 1. The van der Waals surface area contributed by atoms with E-state index < -0.39 is 33.9 Å². The van der Waals surface area contributed by atoms with Crippen LogP contribution in [0, 0.1) is 13.8 Å². The molecule has 1 aromatic carbocycles. The molecule has 0 spiro atoms. The molecular formula is C17H23NO5S2. The second-order valence-corrected chi connectivity index (χ2v) is 9.54. The van der Waals surface area contributed by atoms with Crippen LogP contribution in [0.3, 0.4) is 0 Å². The third kappa shape index (κ3) is 6.04. The molecule has 1 aromatic rings. The number of hydrogen-bond acceptors (Lipinski definition) is 6. The van der Waals surface area contributed by atoms with Gasteiger partial charge in [-0.25, -0.2) is 8.42 Å². The summed E-state index contributed by atoms with van der Waals surface area (Å²) >= 11 is 1.36. The molecule has 0 bridgehead atoms. The number of carbonyl (C=O) groups is 2. The second-order valence-electron chi connectivity index (χ2n) is 6.30. The summed E-state index contributed by atoms with van der Waals surface area (Å²) < 4.78 is 27.9. The van der Waals surface area contributed by atoms with Gasteiger partial charge in [-0.3, -0.25) is 9.59 Å². The average Bonchev–Trinajstić information content (AvgIpc) is 2.85. The van der Waals surface area contributed by atoms with Crippen LogP contribution < -0.4 is 5.32 Å². The molecule has 1 N–H and O–H groups in total. The van der Waals surface area contributed by atoms with Crippen molar-refractivity contribution in [3.63, 3.8) is 0 Å². The molecular weight excluding hydrogens is 362 g/mol. The van der Waals surface area contributed by atoms with Gasteiger partial charge in [0.15, 0.2) is 15.9 Å². The lowest BCUT2D eigenvalue weighted by Crippen LogP contribution is -2.42. The van der Waals surface area contributed by atoms with Crippen molar-refractivity contribution >= 4 is 33.5 Å². The Morgan fingerprint density at radius 2 is 2.08 bits per heavy atom. The number of rotatable bonds is 6. The average molecular weight is 386 g/mol. The first-order valence-corrected chi connectivity index (χ1v) is 10.9. The van der Waals surface area contributed by atoms with Crippen LogP contribution in [-0.4, -0.2) is 49.7 Å². The molecule has 138 valence electrons. The predicted octanol–water partition coefficient (Wildman–Crippen LogP) is 1.63. The Bertz CT molecular complexity index is 760. The molecule has 1 amide bonds. The maximum Gasteiger partial charge on any atom is 0.317 e. The first-order chi connectivity index (χ1) is 11.7. The van der Waals surface area contributed by atoms with Crippen molar-refractivity contribution < 1.29 is 22.7 Å². The van der Waals surface area contributed by atoms with E-state index in [-0.39, 0.29) is 17.3 Å². The van der Waals surface area contributed by atoms with Crippen molar-refractivity contribution in [2.24, 2.45) is 0 Å². The van der Waals surface area contributed by atoms with Gasteiger partial charge in [-0.15, -0.1) is 11.8 Å². The lowest BCUT2D eigenvalue weighted by Gasteiger charge is -2.16. The Kier molecular flexibility index (Phi) is 6.51. The number of thioether (sulfide) groups is 1. The summed E-state index contributed by atoms with van der Waals surface area (Å²) in [6.45, 7) is 5.47. The fraction of sp³-hybridized carbons (Fsp3) is 0.529. The van der Waals surface area contributed by atoms with Crippen molar-refractivity contribution in [1.82, 2.24) is 5.32 Å². The lowest BCUT2D eigenvalue weighted by atomic mass is 10.2. The Hall–Kier alpha value is -1.54. The monoisotopic (exact) mass is 385 g/mol. The molecule has 0 aliphatic carbocycles. The minimum Gasteiger partial charge on any atom is -0.452 e. The standard InChI is InChI=1S/C17H23NO5S2/c1-11-4-5-15(12(2)8-11)24-9-16(19)23-13(3)17(20)18-14-6-7-25(21,22)10-14/h4-5,8,13-14H,6-7,9-10H2,1-3H3,(H,18,20)/t13-,14-/m1/s1. The predicted molar refractivity (Wildman–Crippen MR) is 97.4 cm³/mol. The molecule has 0 unspecified atom stereocenters. The zero-order valence-corrected chi connectivity index (χ0v) is 16.2. The largest absolute Gasteiger partial charge is 0.452 e. The molecule has 1 aliphatic rings. The van der Waals surface area contributed by atoms with Crippen molar-refractivity contribution in [3.8, 4) is 0 Å². The minimum absolute atomic E-state index is 0.0536. The number of sulfone groups is 1. The number of benzene rings is 1. The number of carbonyl (C=O) groups excluding carboxylic acids is 2. The molecule has 1 aliphatic heterocycles. The normalized spacial score (nSPS) is 20.0. The molecule has 2 rings (SSSR count). The summed E-state index contributed by atoms with van der Waals surface area (Å²) in [5.41, 5.74) is 2.25. The highest BCUT2D eigenvalue weighted by molar-refractivity contribution is 8.00. The van der Waals surface area contributed by atoms with E-state index in [1.807, 2.05) is 32.0 Å². The van der Waals surface area contributed by atoms with Crippen LogP contribution in [0.15, 0.2) is 23.1 Å². The Labute approximate surface area is 152 Å². The number of ether oxygens (including phenoxy) is 1. The van der Waals surface area contributed by atoms with Crippen LogP contribution in [0.4, 0.5) is 0 Å². The number of aryl methyl sites for hydroxylation is 2. The SMILES string of the molecule is Cc1ccc(SCC(=O)O[C@H](C)C(=O)N[C@@H]2CCS(=O)(=O)C2)c(C)c1. The first-order valence-electron chi connectivity index (χ1n) is 8.06. The Balaban J connectivity index is 1.78. The van der Waals surface area contributed by atoms with Crippen LogP contribution in [0.2, 0.25) is 0 Å². The van der Waals surface area contributed by atoms with Crippen LogP contribution in [0.5, 0.6) is 0 Å². The molecule has 2 atom stereocenters. The molecule has 8 heteroatoms. The van der Waals surface area contributed by atoms with Crippen molar-refractivity contribution in [2.75, 3.05) is 17.3 Å². The van der Waals surface area contributed by atoms with E-state index in [9.17, 15) is 18.0 Å². The highest BCUT2D eigenvalue weighted by Gasteiger charge is 2.30. The number of hydrogen-bond donors (Lipinski definition) is 1. The smallest absolute Gasteiger partial charge is 0.317 e. The first kappa shape index (κ1) is 19.8. The van der Waals surface area contributed by atoms with Crippen molar-refractivity contribution in [1.29, 1.82) is 0 Å². The zero-order chi connectivity index (χ0) is 18.6. The van der Waals surface area contributed by atoms with E-state index >= 15 is 0 Å². The summed E-state index contributed by atoms with van der Waals surface area (Å²) in [5.74, 6) is -0.807. The Morgan fingerprint density at radius 3 is 2.68 bits per heavy atom. The van der Waals surface area contributed by atoms with Gasteiger partial charge in [0.2, 0.25) is 0 Å². The lowest BCUT2D eigenvalue weighted by molar-refractivity contribution is -0.152. The van der Waals surface area contributed by atoms with Crippen molar-refractivity contribution in [2.45, 2.75) is 44.2 Å².